The van der Waals surface area contributed by atoms with Crippen molar-refractivity contribution in [1.29, 1.82) is 0 Å². The molecule has 0 aliphatic carbocycles. The molecule has 0 unspecified atom stereocenters. The van der Waals surface area contributed by atoms with Gasteiger partial charge in [0.15, 0.2) is 5.89 Å². The Morgan fingerprint density at radius 3 is 3.17 bits per heavy atom. The van der Waals surface area contributed by atoms with E-state index >= 15 is 0 Å². The van der Waals surface area contributed by atoms with Crippen LogP contribution in [0.5, 0.6) is 0 Å². The summed E-state index contributed by atoms with van der Waals surface area (Å²) in [6, 6.07) is 0. The summed E-state index contributed by atoms with van der Waals surface area (Å²) in [5.41, 5.74) is 0.377. The second-order valence-electron chi connectivity index (χ2n) is 2.28. The average molecular weight is 246 g/mol. The SMILES string of the molecule is Cc1nc2c(Br)csc2c(=O)o1. The van der Waals surface area contributed by atoms with Gasteiger partial charge in [0.1, 0.15) is 10.2 Å². The molecule has 2 heterocycles. The quantitative estimate of drug-likeness (QED) is 0.716. The van der Waals surface area contributed by atoms with Crippen molar-refractivity contribution in [2.45, 2.75) is 6.92 Å². The van der Waals surface area contributed by atoms with E-state index in [0.29, 0.717) is 16.1 Å². The summed E-state index contributed by atoms with van der Waals surface area (Å²) in [6.45, 7) is 1.66. The highest BCUT2D eigenvalue weighted by Crippen LogP contribution is 2.25. The number of nitrogens with zero attached hydrogens (tertiary/aromatic N) is 1. The van der Waals surface area contributed by atoms with Gasteiger partial charge in [-0.25, -0.2) is 9.78 Å². The predicted octanol–water partition coefficient (Wildman–Crippen LogP) is 2.32. The van der Waals surface area contributed by atoms with Gasteiger partial charge in [0, 0.05) is 12.3 Å². The Morgan fingerprint density at radius 1 is 1.67 bits per heavy atom. The van der Waals surface area contributed by atoms with Crippen molar-refractivity contribution in [2.75, 3.05) is 0 Å². The van der Waals surface area contributed by atoms with E-state index < -0.39 is 0 Å². The summed E-state index contributed by atoms with van der Waals surface area (Å²) in [7, 11) is 0. The van der Waals surface area contributed by atoms with Gasteiger partial charge < -0.3 is 4.42 Å². The molecule has 0 fully saturated rings. The fraction of sp³-hybridized carbons (Fsp3) is 0.143. The minimum Gasteiger partial charge on any atom is -0.408 e. The van der Waals surface area contributed by atoms with Gasteiger partial charge in [-0.05, 0) is 15.9 Å². The highest BCUT2D eigenvalue weighted by atomic mass is 79.9. The lowest BCUT2D eigenvalue weighted by atomic mass is 10.5. The molecule has 2 rings (SSSR count). The molecular weight excluding hydrogens is 242 g/mol. The topological polar surface area (TPSA) is 43.1 Å². The molecule has 0 N–H and O–H groups in total. The van der Waals surface area contributed by atoms with Crippen molar-refractivity contribution in [3.8, 4) is 0 Å². The maximum atomic E-state index is 11.2. The molecule has 2 aromatic heterocycles. The first-order valence-electron chi connectivity index (χ1n) is 3.23. The van der Waals surface area contributed by atoms with E-state index in [2.05, 4.69) is 20.9 Å². The minimum absolute atomic E-state index is 0.312. The van der Waals surface area contributed by atoms with Gasteiger partial charge in [0.2, 0.25) is 0 Å². The number of halogens is 1. The monoisotopic (exact) mass is 245 g/mol. The zero-order chi connectivity index (χ0) is 8.72. The zero-order valence-electron chi connectivity index (χ0n) is 6.13. The number of rotatable bonds is 0. The number of hydrogen-bond donors (Lipinski definition) is 0. The Bertz CT molecular complexity index is 488. The van der Waals surface area contributed by atoms with E-state index in [1.54, 1.807) is 6.92 Å². The van der Waals surface area contributed by atoms with Crippen LogP contribution < -0.4 is 5.63 Å². The van der Waals surface area contributed by atoms with Crippen molar-refractivity contribution >= 4 is 37.5 Å². The van der Waals surface area contributed by atoms with E-state index in [-0.39, 0.29) is 5.63 Å². The van der Waals surface area contributed by atoms with E-state index in [0.717, 1.165) is 4.47 Å². The molecule has 5 heteroatoms. The molecule has 0 amide bonds. The second-order valence-corrected chi connectivity index (χ2v) is 4.02. The summed E-state index contributed by atoms with van der Waals surface area (Å²) < 4.78 is 6.23. The highest BCUT2D eigenvalue weighted by Gasteiger charge is 2.08. The first-order valence-corrected chi connectivity index (χ1v) is 4.90. The average Bonchev–Trinajstić information content (AvgIpc) is 2.33. The van der Waals surface area contributed by atoms with Gasteiger partial charge >= 0.3 is 5.63 Å². The van der Waals surface area contributed by atoms with Crippen LogP contribution in [0.15, 0.2) is 19.1 Å². The predicted molar refractivity (Wildman–Crippen MR) is 50.6 cm³/mol. The molecule has 0 radical (unpaired) electrons. The Hall–Kier alpha value is -0.680. The third kappa shape index (κ3) is 1.09. The molecule has 62 valence electrons. The van der Waals surface area contributed by atoms with E-state index in [4.69, 9.17) is 4.42 Å². The first-order chi connectivity index (χ1) is 5.68. The van der Waals surface area contributed by atoms with E-state index in [9.17, 15) is 4.79 Å². The number of aromatic nitrogens is 1. The molecular formula is C7H4BrNO2S. The maximum Gasteiger partial charge on any atom is 0.357 e. The third-order valence-corrected chi connectivity index (χ3v) is 3.27. The maximum absolute atomic E-state index is 11.2. The van der Waals surface area contributed by atoms with Gasteiger partial charge in [0.25, 0.3) is 0 Å². The molecule has 3 nitrogen and oxygen atoms in total. The summed E-state index contributed by atoms with van der Waals surface area (Å²) in [6.07, 6.45) is 0. The van der Waals surface area contributed by atoms with Crippen LogP contribution in [0, 0.1) is 6.92 Å². The van der Waals surface area contributed by atoms with Gasteiger partial charge in [-0.15, -0.1) is 11.3 Å². The van der Waals surface area contributed by atoms with Gasteiger partial charge in [-0.1, -0.05) is 0 Å². The molecule has 0 bridgehead atoms. The van der Waals surface area contributed by atoms with Crippen LogP contribution >= 0.6 is 27.3 Å². The van der Waals surface area contributed by atoms with Crippen LogP contribution in [-0.4, -0.2) is 4.98 Å². The van der Waals surface area contributed by atoms with E-state index in [1.807, 2.05) is 5.38 Å². The van der Waals surface area contributed by atoms with Crippen molar-refractivity contribution in [3.63, 3.8) is 0 Å². The lowest BCUT2D eigenvalue weighted by molar-refractivity contribution is 0.468. The number of thiophene rings is 1. The van der Waals surface area contributed by atoms with Crippen LogP contribution in [0.3, 0.4) is 0 Å². The summed E-state index contributed by atoms with van der Waals surface area (Å²) in [4.78, 5) is 15.3. The third-order valence-electron chi connectivity index (χ3n) is 1.42. The molecule has 0 aliphatic rings. The lowest BCUT2D eigenvalue weighted by Crippen LogP contribution is -1.99. The van der Waals surface area contributed by atoms with E-state index in [1.165, 1.54) is 11.3 Å². The standard InChI is InChI=1S/C7H4BrNO2S/c1-3-9-5-4(8)2-12-6(5)7(10)11-3/h2H,1H3. The molecule has 0 aromatic carbocycles. The Morgan fingerprint density at radius 2 is 2.42 bits per heavy atom. The van der Waals surface area contributed by atoms with Crippen molar-refractivity contribution in [1.82, 2.24) is 4.98 Å². The lowest BCUT2D eigenvalue weighted by Gasteiger charge is -1.90. The van der Waals surface area contributed by atoms with Crippen molar-refractivity contribution in [3.05, 3.63) is 26.2 Å². The second kappa shape index (κ2) is 2.67. The van der Waals surface area contributed by atoms with Crippen molar-refractivity contribution < 1.29 is 4.42 Å². The van der Waals surface area contributed by atoms with Crippen LogP contribution in [0.2, 0.25) is 0 Å². The highest BCUT2D eigenvalue weighted by molar-refractivity contribution is 9.10. The number of fused-ring (bicyclic) bond motifs is 1. The first kappa shape index (κ1) is 7.94. The molecule has 12 heavy (non-hydrogen) atoms. The fourth-order valence-corrected chi connectivity index (χ4v) is 2.38. The molecule has 0 saturated heterocycles. The summed E-state index contributed by atoms with van der Waals surface area (Å²) in [5, 5.41) is 1.83. The smallest absolute Gasteiger partial charge is 0.357 e. The Labute approximate surface area is 80.2 Å². The molecule has 0 aliphatic heterocycles. The van der Waals surface area contributed by atoms with Crippen LogP contribution in [-0.2, 0) is 0 Å². The van der Waals surface area contributed by atoms with Crippen molar-refractivity contribution in [2.24, 2.45) is 0 Å². The van der Waals surface area contributed by atoms with Crippen LogP contribution in [0.1, 0.15) is 5.89 Å². The zero-order valence-corrected chi connectivity index (χ0v) is 8.53. The fourth-order valence-electron chi connectivity index (χ4n) is 0.940. The van der Waals surface area contributed by atoms with Gasteiger partial charge in [-0.3, -0.25) is 0 Å². The van der Waals surface area contributed by atoms with Crippen LogP contribution in [0.4, 0.5) is 0 Å². The molecule has 0 saturated carbocycles. The normalized spacial score (nSPS) is 10.8. The largest absolute Gasteiger partial charge is 0.408 e. The Kier molecular flexibility index (Phi) is 1.77. The molecule has 0 spiro atoms. The van der Waals surface area contributed by atoms with Crippen LogP contribution in [0.25, 0.3) is 10.2 Å². The minimum atomic E-state index is -0.312. The van der Waals surface area contributed by atoms with Gasteiger partial charge in [-0.2, -0.15) is 0 Å². The number of hydrogen-bond acceptors (Lipinski definition) is 4. The van der Waals surface area contributed by atoms with Gasteiger partial charge in [0.05, 0.1) is 4.47 Å². The molecule has 0 atom stereocenters. The molecule has 2 aromatic rings. The summed E-state index contributed by atoms with van der Waals surface area (Å²) >= 11 is 4.64. The number of aryl methyl sites for hydroxylation is 1. The summed E-state index contributed by atoms with van der Waals surface area (Å²) in [5.74, 6) is 0.395. The Balaban J connectivity index is 3.03.